The van der Waals surface area contributed by atoms with Gasteiger partial charge in [-0.15, -0.1) is 0 Å². The van der Waals surface area contributed by atoms with E-state index in [1.165, 1.54) is 18.7 Å². The third-order valence-electron chi connectivity index (χ3n) is 8.66. The number of nitrogens with zero attached hydrogens (tertiary/aromatic N) is 1. The predicted molar refractivity (Wildman–Crippen MR) is 192 cm³/mol. The number of para-hydroxylation sites is 1. The van der Waals surface area contributed by atoms with Crippen LogP contribution in [-0.4, -0.2) is 32.6 Å². The van der Waals surface area contributed by atoms with E-state index in [2.05, 4.69) is 82.1 Å². The molecule has 0 atom stereocenters. The fraction of sp³-hybridized carbons (Fsp3) is 0.175. The highest BCUT2D eigenvalue weighted by atomic mass is 35.5. The van der Waals surface area contributed by atoms with Gasteiger partial charge in [-0.05, 0) is 71.8 Å². The van der Waals surface area contributed by atoms with E-state index in [9.17, 15) is 13.2 Å². The standard InChI is InChI=1S/C40H37ClN2O4S/c1-47-40(44)32-25-23-29(24-26-32)13-12-19-34-33-18-8-10-21-36(33)43(39(30-14-4-2-5-15-30)31-16-6-3-7-17-31)37(34)27-28-42-48(45,46)38-22-11-9-20-35(38)41/h2-11,14-18,20-26,39,42H,12-13,19,27-28H2,1H3. The van der Waals surface area contributed by atoms with E-state index in [1.807, 2.05) is 24.3 Å². The van der Waals surface area contributed by atoms with Gasteiger partial charge in [0, 0.05) is 29.6 Å². The lowest BCUT2D eigenvalue weighted by Crippen LogP contribution is -2.27. The van der Waals surface area contributed by atoms with Gasteiger partial charge in [-0.2, -0.15) is 0 Å². The van der Waals surface area contributed by atoms with E-state index in [0.717, 1.165) is 52.5 Å². The number of hydrogen-bond acceptors (Lipinski definition) is 4. The normalized spacial score (nSPS) is 11.6. The van der Waals surface area contributed by atoms with Crippen molar-refractivity contribution in [2.75, 3.05) is 13.7 Å². The molecular formula is C40H37ClN2O4S. The molecule has 0 aliphatic heterocycles. The van der Waals surface area contributed by atoms with E-state index in [-0.39, 0.29) is 28.5 Å². The number of rotatable bonds is 13. The smallest absolute Gasteiger partial charge is 0.337 e. The fourth-order valence-corrected chi connectivity index (χ4v) is 7.98. The number of aromatic nitrogens is 1. The highest BCUT2D eigenvalue weighted by molar-refractivity contribution is 7.89. The van der Waals surface area contributed by atoms with Gasteiger partial charge in [0.15, 0.2) is 0 Å². The molecular weight excluding hydrogens is 640 g/mol. The summed E-state index contributed by atoms with van der Waals surface area (Å²) in [7, 11) is -2.45. The molecule has 0 unspecified atom stereocenters. The molecule has 8 heteroatoms. The third kappa shape index (κ3) is 7.24. The SMILES string of the molecule is COC(=O)c1ccc(CCCc2c(CCNS(=O)(=O)c3ccccc3Cl)n(C(c3ccccc3)c3ccccc3)c3ccccc23)cc1. The molecule has 0 spiro atoms. The van der Waals surface area contributed by atoms with Crippen molar-refractivity contribution in [3.05, 3.63) is 172 Å². The number of carbonyl (C=O) groups is 1. The van der Waals surface area contributed by atoms with Crippen LogP contribution in [-0.2, 0) is 34.0 Å². The van der Waals surface area contributed by atoms with Gasteiger partial charge in [-0.3, -0.25) is 0 Å². The molecule has 0 aliphatic rings. The van der Waals surface area contributed by atoms with Crippen LogP contribution in [0.4, 0.5) is 0 Å². The van der Waals surface area contributed by atoms with Gasteiger partial charge < -0.3 is 9.30 Å². The van der Waals surface area contributed by atoms with E-state index < -0.39 is 10.0 Å². The van der Waals surface area contributed by atoms with Crippen LogP contribution >= 0.6 is 11.6 Å². The zero-order valence-corrected chi connectivity index (χ0v) is 28.3. The summed E-state index contributed by atoms with van der Waals surface area (Å²) in [4.78, 5) is 12.0. The number of ether oxygens (including phenoxy) is 1. The van der Waals surface area contributed by atoms with Crippen molar-refractivity contribution in [2.45, 2.75) is 36.6 Å². The largest absolute Gasteiger partial charge is 0.465 e. The second-order valence-electron chi connectivity index (χ2n) is 11.7. The maximum absolute atomic E-state index is 13.3. The second-order valence-corrected chi connectivity index (χ2v) is 13.8. The maximum atomic E-state index is 13.3. The molecule has 1 N–H and O–H groups in total. The van der Waals surface area contributed by atoms with Crippen LogP contribution in [0.15, 0.2) is 138 Å². The first-order valence-electron chi connectivity index (χ1n) is 16.0. The Morgan fingerprint density at radius 2 is 1.35 bits per heavy atom. The van der Waals surface area contributed by atoms with Crippen LogP contribution in [0.1, 0.15) is 50.8 Å². The first-order chi connectivity index (χ1) is 23.4. The first kappa shape index (κ1) is 33.2. The lowest BCUT2D eigenvalue weighted by Gasteiger charge is -2.25. The highest BCUT2D eigenvalue weighted by Gasteiger charge is 2.26. The van der Waals surface area contributed by atoms with E-state index in [1.54, 1.807) is 30.3 Å². The molecule has 0 fully saturated rings. The van der Waals surface area contributed by atoms with Gasteiger partial charge in [0.25, 0.3) is 0 Å². The molecule has 0 saturated carbocycles. The number of fused-ring (bicyclic) bond motifs is 1. The zero-order valence-electron chi connectivity index (χ0n) is 26.7. The quantitative estimate of drug-likeness (QED) is 0.125. The Hall–Kier alpha value is -4.69. The van der Waals surface area contributed by atoms with E-state index >= 15 is 0 Å². The molecule has 0 radical (unpaired) electrons. The summed E-state index contributed by atoms with van der Waals surface area (Å²) in [6, 6.07) is 43.2. The molecule has 0 amide bonds. The maximum Gasteiger partial charge on any atom is 0.337 e. The Labute approximate surface area is 287 Å². The minimum Gasteiger partial charge on any atom is -0.465 e. The van der Waals surface area contributed by atoms with Crippen molar-refractivity contribution in [1.82, 2.24) is 9.29 Å². The number of benzene rings is 5. The van der Waals surface area contributed by atoms with Crippen molar-refractivity contribution < 1.29 is 17.9 Å². The van der Waals surface area contributed by atoms with Crippen molar-refractivity contribution in [3.8, 4) is 0 Å². The van der Waals surface area contributed by atoms with Crippen LogP contribution in [0.25, 0.3) is 10.9 Å². The molecule has 6 nitrogen and oxygen atoms in total. The summed E-state index contributed by atoms with van der Waals surface area (Å²) in [5.74, 6) is -0.351. The van der Waals surface area contributed by atoms with Crippen molar-refractivity contribution >= 4 is 38.5 Å². The first-order valence-corrected chi connectivity index (χ1v) is 17.9. The molecule has 1 aromatic heterocycles. The third-order valence-corrected chi connectivity index (χ3v) is 10.6. The molecule has 6 aromatic rings. The number of sulfonamides is 1. The number of aryl methyl sites for hydroxylation is 2. The fourth-order valence-electron chi connectivity index (χ4n) is 6.43. The Balaban J connectivity index is 1.40. The number of halogens is 1. The Morgan fingerprint density at radius 3 is 2.00 bits per heavy atom. The topological polar surface area (TPSA) is 77.4 Å². The summed E-state index contributed by atoms with van der Waals surface area (Å²) in [6.45, 7) is 0.197. The Bertz CT molecular complexity index is 2070. The molecule has 1 heterocycles. The molecule has 0 aliphatic carbocycles. The van der Waals surface area contributed by atoms with Crippen LogP contribution in [0.2, 0.25) is 5.02 Å². The molecule has 5 aromatic carbocycles. The molecule has 6 rings (SSSR count). The van der Waals surface area contributed by atoms with Gasteiger partial charge in [0.2, 0.25) is 10.0 Å². The highest BCUT2D eigenvalue weighted by Crippen LogP contribution is 2.37. The summed E-state index contributed by atoms with van der Waals surface area (Å²) in [5.41, 5.74) is 7.31. The number of hydrogen-bond donors (Lipinski definition) is 1. The van der Waals surface area contributed by atoms with Crippen LogP contribution in [0.5, 0.6) is 0 Å². The monoisotopic (exact) mass is 676 g/mol. The summed E-state index contributed by atoms with van der Waals surface area (Å²) in [6.07, 6.45) is 2.94. The number of esters is 1. The average molecular weight is 677 g/mol. The van der Waals surface area contributed by atoms with Crippen molar-refractivity contribution in [2.24, 2.45) is 0 Å². The van der Waals surface area contributed by atoms with Gasteiger partial charge >= 0.3 is 5.97 Å². The number of carbonyl (C=O) groups excluding carboxylic acids is 1. The lowest BCUT2D eigenvalue weighted by atomic mass is 9.97. The molecule has 0 saturated heterocycles. The second kappa shape index (κ2) is 15.0. The molecule has 0 bridgehead atoms. The molecule has 48 heavy (non-hydrogen) atoms. The summed E-state index contributed by atoms with van der Waals surface area (Å²) < 4.78 is 36.8. The van der Waals surface area contributed by atoms with Gasteiger partial charge in [-0.1, -0.05) is 115 Å². The number of methoxy groups -OCH3 is 1. The van der Waals surface area contributed by atoms with Crippen molar-refractivity contribution in [3.63, 3.8) is 0 Å². The van der Waals surface area contributed by atoms with Crippen LogP contribution < -0.4 is 4.72 Å². The lowest BCUT2D eigenvalue weighted by molar-refractivity contribution is 0.0600. The number of nitrogens with one attached hydrogen (secondary N) is 1. The van der Waals surface area contributed by atoms with Crippen LogP contribution in [0.3, 0.4) is 0 Å². The van der Waals surface area contributed by atoms with Gasteiger partial charge in [0.05, 0.1) is 23.7 Å². The zero-order chi connectivity index (χ0) is 33.5. The van der Waals surface area contributed by atoms with Crippen molar-refractivity contribution in [1.29, 1.82) is 0 Å². The van der Waals surface area contributed by atoms with Crippen LogP contribution in [0, 0.1) is 0 Å². The Kier molecular flexibility index (Phi) is 10.4. The van der Waals surface area contributed by atoms with E-state index in [0.29, 0.717) is 12.0 Å². The van der Waals surface area contributed by atoms with Gasteiger partial charge in [0.1, 0.15) is 4.90 Å². The van der Waals surface area contributed by atoms with Gasteiger partial charge in [-0.25, -0.2) is 17.9 Å². The summed E-state index contributed by atoms with van der Waals surface area (Å²) in [5, 5.41) is 1.34. The van der Waals surface area contributed by atoms with E-state index in [4.69, 9.17) is 16.3 Å². The average Bonchev–Trinajstić information content (AvgIpc) is 3.41. The summed E-state index contributed by atoms with van der Waals surface area (Å²) >= 11 is 6.28. The predicted octanol–water partition coefficient (Wildman–Crippen LogP) is 8.42. The minimum atomic E-state index is -3.83. The Morgan fingerprint density at radius 1 is 0.750 bits per heavy atom. The minimum absolute atomic E-state index is 0.0668. The molecule has 244 valence electrons.